The fourth-order valence-electron chi connectivity index (χ4n) is 3.58. The van der Waals surface area contributed by atoms with E-state index in [2.05, 4.69) is 33.9 Å². The van der Waals surface area contributed by atoms with Gasteiger partial charge in [-0.25, -0.2) is 4.98 Å². The summed E-state index contributed by atoms with van der Waals surface area (Å²) in [6.45, 7) is 6.21. The lowest BCUT2D eigenvalue weighted by molar-refractivity contribution is 0.293. The molecule has 0 unspecified atom stereocenters. The van der Waals surface area contributed by atoms with Gasteiger partial charge in [-0.2, -0.15) is 11.8 Å². The minimum atomic E-state index is 0. The van der Waals surface area contributed by atoms with E-state index >= 15 is 0 Å². The molecule has 4 nitrogen and oxygen atoms in total. The number of nitrogens with one attached hydrogen (secondary N) is 1. The number of hydrogen-bond acceptors (Lipinski definition) is 4. The van der Waals surface area contributed by atoms with Gasteiger partial charge in [-0.3, -0.25) is 4.99 Å². The number of aromatic nitrogens is 1. The monoisotopic (exact) mass is 480 g/mol. The molecular formula is C17H29IN4S2. The zero-order chi connectivity index (χ0) is 16.0. The van der Waals surface area contributed by atoms with Crippen LogP contribution in [0.1, 0.15) is 44.0 Å². The number of thiazole rings is 1. The Kier molecular flexibility index (Phi) is 8.63. The summed E-state index contributed by atoms with van der Waals surface area (Å²) in [4.78, 5) is 11.7. The SMILES string of the molecule is CCNC(=NCCc1nccs1)N1CCSC2(CCCCC2)C1.I. The zero-order valence-electron chi connectivity index (χ0n) is 14.5. The normalized spacial score (nSPS) is 20.7. The van der Waals surface area contributed by atoms with Gasteiger partial charge < -0.3 is 10.2 Å². The predicted molar refractivity (Wildman–Crippen MR) is 117 cm³/mol. The lowest BCUT2D eigenvalue weighted by atomic mass is 9.87. The van der Waals surface area contributed by atoms with Gasteiger partial charge in [0.1, 0.15) is 0 Å². The number of guanidine groups is 1. The molecule has 1 aromatic heterocycles. The Morgan fingerprint density at radius 2 is 2.21 bits per heavy atom. The smallest absolute Gasteiger partial charge is 0.194 e. The van der Waals surface area contributed by atoms with Crippen molar-refractivity contribution in [2.45, 2.75) is 50.2 Å². The van der Waals surface area contributed by atoms with Crippen molar-refractivity contribution in [3.8, 4) is 0 Å². The van der Waals surface area contributed by atoms with Crippen LogP contribution in [0.2, 0.25) is 0 Å². The first-order valence-electron chi connectivity index (χ1n) is 8.87. The van der Waals surface area contributed by atoms with Gasteiger partial charge in [0.25, 0.3) is 0 Å². The number of aliphatic imine (C=N–C) groups is 1. The molecule has 136 valence electrons. The predicted octanol–water partition coefficient (Wildman–Crippen LogP) is 4.02. The molecule has 0 radical (unpaired) electrons. The van der Waals surface area contributed by atoms with Gasteiger partial charge in [0.2, 0.25) is 0 Å². The van der Waals surface area contributed by atoms with Crippen LogP contribution in [0.5, 0.6) is 0 Å². The minimum absolute atomic E-state index is 0. The lowest BCUT2D eigenvalue weighted by Crippen LogP contribution is -2.53. The molecule has 24 heavy (non-hydrogen) atoms. The fraction of sp³-hybridized carbons (Fsp3) is 0.765. The van der Waals surface area contributed by atoms with Gasteiger partial charge in [0, 0.05) is 54.7 Å². The van der Waals surface area contributed by atoms with Gasteiger partial charge in [-0.15, -0.1) is 35.3 Å². The summed E-state index contributed by atoms with van der Waals surface area (Å²) in [5.41, 5.74) is 0. The summed E-state index contributed by atoms with van der Waals surface area (Å²) in [6, 6.07) is 0. The Morgan fingerprint density at radius 3 is 2.92 bits per heavy atom. The molecule has 7 heteroatoms. The molecule has 0 atom stereocenters. The van der Waals surface area contributed by atoms with Crippen molar-refractivity contribution in [2.75, 3.05) is 31.9 Å². The number of nitrogens with zero attached hydrogens (tertiary/aromatic N) is 3. The third-order valence-corrected chi connectivity index (χ3v) is 7.09. The van der Waals surface area contributed by atoms with E-state index in [1.165, 1.54) is 49.4 Å². The molecule has 1 saturated carbocycles. The third-order valence-electron chi connectivity index (χ3n) is 4.72. The quantitative estimate of drug-likeness (QED) is 0.402. The Labute approximate surface area is 171 Å². The van der Waals surface area contributed by atoms with E-state index in [0.717, 1.165) is 32.0 Å². The van der Waals surface area contributed by atoms with Crippen molar-refractivity contribution in [2.24, 2.45) is 4.99 Å². The highest BCUT2D eigenvalue weighted by molar-refractivity contribution is 14.0. The van der Waals surface area contributed by atoms with Crippen LogP contribution in [0, 0.1) is 0 Å². The van der Waals surface area contributed by atoms with Crippen molar-refractivity contribution in [1.82, 2.24) is 15.2 Å². The average molecular weight is 480 g/mol. The highest BCUT2D eigenvalue weighted by Gasteiger charge is 2.38. The van der Waals surface area contributed by atoms with Crippen molar-refractivity contribution in [1.29, 1.82) is 0 Å². The number of halogens is 1. The average Bonchev–Trinajstić information content (AvgIpc) is 3.08. The van der Waals surface area contributed by atoms with Crippen molar-refractivity contribution >= 4 is 53.0 Å². The molecule has 3 rings (SSSR count). The van der Waals surface area contributed by atoms with Crippen LogP contribution < -0.4 is 5.32 Å². The van der Waals surface area contributed by atoms with E-state index in [0.29, 0.717) is 4.75 Å². The largest absolute Gasteiger partial charge is 0.357 e. The molecule has 2 fully saturated rings. The molecule has 1 saturated heterocycles. The van der Waals surface area contributed by atoms with Crippen LogP contribution in [0.4, 0.5) is 0 Å². The molecule has 0 amide bonds. The van der Waals surface area contributed by atoms with Crippen LogP contribution in [0.25, 0.3) is 0 Å². The molecule has 2 heterocycles. The summed E-state index contributed by atoms with van der Waals surface area (Å²) in [5.74, 6) is 2.34. The maximum absolute atomic E-state index is 4.88. The first-order chi connectivity index (χ1) is 11.3. The molecular weight excluding hydrogens is 451 g/mol. The topological polar surface area (TPSA) is 40.5 Å². The van der Waals surface area contributed by atoms with Gasteiger partial charge >= 0.3 is 0 Å². The molecule has 1 aliphatic heterocycles. The summed E-state index contributed by atoms with van der Waals surface area (Å²) in [7, 11) is 0. The van der Waals surface area contributed by atoms with E-state index in [1.807, 2.05) is 11.6 Å². The van der Waals surface area contributed by atoms with Crippen molar-refractivity contribution in [3.05, 3.63) is 16.6 Å². The highest BCUT2D eigenvalue weighted by Crippen LogP contribution is 2.42. The first kappa shape index (κ1) is 20.3. The molecule has 1 aromatic rings. The van der Waals surface area contributed by atoms with Gasteiger partial charge in [-0.1, -0.05) is 19.3 Å². The maximum Gasteiger partial charge on any atom is 0.194 e. The molecule has 1 aliphatic carbocycles. The maximum atomic E-state index is 4.88. The van der Waals surface area contributed by atoms with E-state index in [9.17, 15) is 0 Å². The van der Waals surface area contributed by atoms with Crippen LogP contribution in [0.15, 0.2) is 16.6 Å². The Balaban J connectivity index is 0.00000208. The van der Waals surface area contributed by atoms with Crippen molar-refractivity contribution in [3.63, 3.8) is 0 Å². The molecule has 0 aromatic carbocycles. The van der Waals surface area contributed by atoms with Gasteiger partial charge in [0.15, 0.2) is 5.96 Å². The first-order valence-corrected chi connectivity index (χ1v) is 10.7. The van der Waals surface area contributed by atoms with Crippen LogP contribution in [-0.4, -0.2) is 52.5 Å². The summed E-state index contributed by atoms with van der Waals surface area (Å²) in [6.07, 6.45) is 9.81. The second-order valence-corrected chi connectivity index (χ2v) is 8.97. The fourth-order valence-corrected chi connectivity index (χ4v) is 5.76. The van der Waals surface area contributed by atoms with Gasteiger partial charge in [0.05, 0.1) is 5.01 Å². The van der Waals surface area contributed by atoms with E-state index < -0.39 is 0 Å². The van der Waals surface area contributed by atoms with Crippen LogP contribution in [-0.2, 0) is 6.42 Å². The minimum Gasteiger partial charge on any atom is -0.357 e. The Bertz CT molecular complexity index is 495. The summed E-state index contributed by atoms with van der Waals surface area (Å²) >= 11 is 3.94. The van der Waals surface area contributed by atoms with Crippen LogP contribution in [0.3, 0.4) is 0 Å². The van der Waals surface area contributed by atoms with Crippen molar-refractivity contribution < 1.29 is 0 Å². The van der Waals surface area contributed by atoms with E-state index in [1.54, 1.807) is 11.3 Å². The summed E-state index contributed by atoms with van der Waals surface area (Å²) < 4.78 is 0.488. The standard InChI is InChI=1S/C17H28N4S2.HI/c1-2-18-16(20-9-6-15-19-10-12-22-15)21-11-13-23-17(14-21)7-4-3-5-8-17;/h10,12H,2-9,11,13-14H2,1H3,(H,18,20);1H. The third kappa shape index (κ3) is 5.49. The second-order valence-electron chi connectivity index (χ2n) is 6.43. The Morgan fingerprint density at radius 1 is 1.38 bits per heavy atom. The Hall–Kier alpha value is -0.0200. The van der Waals surface area contributed by atoms with Gasteiger partial charge in [-0.05, 0) is 19.8 Å². The number of thioether (sulfide) groups is 1. The molecule has 1 N–H and O–H groups in total. The lowest BCUT2D eigenvalue weighted by Gasteiger charge is -2.45. The van der Waals surface area contributed by atoms with E-state index in [4.69, 9.17) is 4.99 Å². The number of rotatable bonds is 4. The van der Waals surface area contributed by atoms with E-state index in [-0.39, 0.29) is 24.0 Å². The number of hydrogen-bond donors (Lipinski definition) is 1. The molecule has 0 bridgehead atoms. The highest BCUT2D eigenvalue weighted by atomic mass is 127. The zero-order valence-corrected chi connectivity index (χ0v) is 18.5. The molecule has 1 spiro atoms. The van der Waals surface area contributed by atoms with Crippen LogP contribution >= 0.6 is 47.1 Å². The molecule has 2 aliphatic rings. The second kappa shape index (κ2) is 10.2. The summed E-state index contributed by atoms with van der Waals surface area (Å²) in [5, 5.41) is 6.73.